The first-order valence-corrected chi connectivity index (χ1v) is 6.65. The molecule has 1 atom stereocenters. The lowest BCUT2D eigenvalue weighted by Gasteiger charge is -2.33. The van der Waals surface area contributed by atoms with Crippen molar-refractivity contribution in [1.82, 2.24) is 15.5 Å². The Hall–Kier alpha value is -1.42. The number of hydrogen-bond acceptors (Lipinski definition) is 4. The summed E-state index contributed by atoms with van der Waals surface area (Å²) in [6, 6.07) is 4.53. The Morgan fingerprint density at radius 1 is 1.56 bits per heavy atom. The molecule has 0 radical (unpaired) electrons. The van der Waals surface area contributed by atoms with Gasteiger partial charge >= 0.3 is 0 Å². The second-order valence-electron chi connectivity index (χ2n) is 5.06. The van der Waals surface area contributed by atoms with Crippen LogP contribution in [0.4, 0.5) is 5.82 Å². The van der Waals surface area contributed by atoms with Gasteiger partial charge in [-0.2, -0.15) is 5.10 Å². The number of rotatable bonds is 4. The van der Waals surface area contributed by atoms with Crippen molar-refractivity contribution in [3.05, 3.63) is 30.0 Å². The van der Waals surface area contributed by atoms with E-state index in [9.17, 15) is 0 Å². The van der Waals surface area contributed by atoms with Gasteiger partial charge in [0.15, 0.2) is 5.82 Å². The highest BCUT2D eigenvalue weighted by Crippen LogP contribution is 2.16. The van der Waals surface area contributed by atoms with E-state index in [1.807, 2.05) is 12.1 Å². The molecule has 0 spiro atoms. The predicted molar refractivity (Wildman–Crippen MR) is 74.7 cm³/mol. The molecule has 1 saturated heterocycles. The number of anilines is 1. The van der Waals surface area contributed by atoms with Crippen molar-refractivity contribution < 1.29 is 0 Å². The Balaban J connectivity index is 1.87. The van der Waals surface area contributed by atoms with Gasteiger partial charge in [0.05, 0.1) is 0 Å². The van der Waals surface area contributed by atoms with Gasteiger partial charge in [0.2, 0.25) is 0 Å². The molecule has 1 aliphatic rings. The Morgan fingerprint density at radius 3 is 3.17 bits per heavy atom. The maximum absolute atomic E-state index is 4.18. The molecular formula is C14H22N4. The number of hydrogen-bond donors (Lipinski definition) is 1. The number of piperidine rings is 1. The molecule has 0 saturated carbocycles. The molecule has 4 heteroatoms. The summed E-state index contributed by atoms with van der Waals surface area (Å²) < 4.78 is 0. The second-order valence-corrected chi connectivity index (χ2v) is 5.06. The summed E-state index contributed by atoms with van der Waals surface area (Å²) in [6.45, 7) is 7.33. The molecular weight excluding hydrogens is 224 g/mol. The first-order chi connectivity index (χ1) is 8.75. The van der Waals surface area contributed by atoms with Crippen LogP contribution in [0, 0.1) is 0 Å². The molecule has 1 unspecified atom stereocenters. The van der Waals surface area contributed by atoms with Gasteiger partial charge in [-0.15, -0.1) is 5.10 Å². The van der Waals surface area contributed by atoms with E-state index in [4.69, 9.17) is 0 Å². The minimum atomic E-state index is 0.552. The number of nitrogens with zero attached hydrogens (tertiary/aromatic N) is 3. The Bertz CT molecular complexity index is 384. The van der Waals surface area contributed by atoms with Crippen LogP contribution in [0.3, 0.4) is 0 Å². The quantitative estimate of drug-likeness (QED) is 0.825. The van der Waals surface area contributed by atoms with Gasteiger partial charge in [-0.25, -0.2) is 0 Å². The van der Waals surface area contributed by atoms with Gasteiger partial charge in [0.1, 0.15) is 0 Å². The van der Waals surface area contributed by atoms with Crippen molar-refractivity contribution in [2.75, 3.05) is 24.5 Å². The van der Waals surface area contributed by atoms with Crippen LogP contribution in [0.15, 0.2) is 30.0 Å². The van der Waals surface area contributed by atoms with Gasteiger partial charge in [-0.1, -0.05) is 11.6 Å². The molecule has 18 heavy (non-hydrogen) atoms. The molecule has 98 valence electrons. The van der Waals surface area contributed by atoms with Crippen molar-refractivity contribution in [3.63, 3.8) is 0 Å². The lowest BCUT2D eigenvalue weighted by molar-refractivity contribution is 0.435. The van der Waals surface area contributed by atoms with Crippen molar-refractivity contribution in [3.8, 4) is 0 Å². The van der Waals surface area contributed by atoms with Crippen LogP contribution in [0.25, 0.3) is 0 Å². The maximum atomic E-state index is 4.18. The van der Waals surface area contributed by atoms with Crippen LogP contribution in [0.2, 0.25) is 0 Å². The van der Waals surface area contributed by atoms with Crippen LogP contribution < -0.4 is 10.2 Å². The lowest BCUT2D eigenvalue weighted by atomic mass is 10.1. The molecule has 2 heterocycles. The molecule has 1 aliphatic heterocycles. The summed E-state index contributed by atoms with van der Waals surface area (Å²) in [5, 5.41) is 11.7. The van der Waals surface area contributed by atoms with Gasteiger partial charge in [0.25, 0.3) is 0 Å². The second kappa shape index (κ2) is 6.50. The standard InChI is InChI=1S/C14H22N4/c1-12(2)7-9-15-13-5-4-10-18(11-13)14-6-3-8-16-17-14/h3,6-8,13,15H,4-5,9-11H2,1-2H3. The monoisotopic (exact) mass is 246 g/mol. The topological polar surface area (TPSA) is 41.0 Å². The molecule has 2 rings (SSSR count). The van der Waals surface area contributed by atoms with Crippen LogP contribution in [0.1, 0.15) is 26.7 Å². The lowest BCUT2D eigenvalue weighted by Crippen LogP contribution is -2.46. The molecule has 4 nitrogen and oxygen atoms in total. The maximum Gasteiger partial charge on any atom is 0.151 e. The molecule has 1 fully saturated rings. The summed E-state index contributed by atoms with van der Waals surface area (Å²) in [6.07, 6.45) is 6.41. The molecule has 1 N–H and O–H groups in total. The smallest absolute Gasteiger partial charge is 0.151 e. The number of nitrogens with one attached hydrogen (secondary N) is 1. The fraction of sp³-hybridized carbons (Fsp3) is 0.571. The highest BCUT2D eigenvalue weighted by atomic mass is 15.3. The van der Waals surface area contributed by atoms with E-state index >= 15 is 0 Å². The summed E-state index contributed by atoms with van der Waals surface area (Å²) in [4.78, 5) is 2.32. The van der Waals surface area contributed by atoms with Crippen LogP contribution in [-0.4, -0.2) is 35.9 Å². The molecule has 1 aromatic heterocycles. The highest BCUT2D eigenvalue weighted by Gasteiger charge is 2.19. The molecule has 0 bridgehead atoms. The average Bonchev–Trinajstić information content (AvgIpc) is 2.40. The Morgan fingerprint density at radius 2 is 2.44 bits per heavy atom. The first-order valence-electron chi connectivity index (χ1n) is 6.65. The summed E-state index contributed by atoms with van der Waals surface area (Å²) in [5.74, 6) is 0.992. The third kappa shape index (κ3) is 3.81. The summed E-state index contributed by atoms with van der Waals surface area (Å²) >= 11 is 0. The molecule has 0 amide bonds. The molecule has 0 aliphatic carbocycles. The first kappa shape index (κ1) is 13.0. The SMILES string of the molecule is CC(C)=CCNC1CCCN(c2cccnn2)C1. The van der Waals surface area contributed by atoms with E-state index in [1.54, 1.807) is 6.20 Å². The zero-order valence-electron chi connectivity index (χ0n) is 11.3. The zero-order chi connectivity index (χ0) is 12.8. The van der Waals surface area contributed by atoms with Gasteiger partial charge in [-0.05, 0) is 38.8 Å². The highest BCUT2D eigenvalue weighted by molar-refractivity contribution is 5.37. The largest absolute Gasteiger partial charge is 0.354 e. The average molecular weight is 246 g/mol. The molecule has 1 aromatic rings. The van der Waals surface area contributed by atoms with E-state index < -0.39 is 0 Å². The van der Waals surface area contributed by atoms with Gasteiger partial charge in [0, 0.05) is 31.9 Å². The van der Waals surface area contributed by atoms with E-state index in [0.29, 0.717) is 6.04 Å². The minimum Gasteiger partial charge on any atom is -0.354 e. The van der Waals surface area contributed by atoms with E-state index in [0.717, 1.165) is 25.5 Å². The van der Waals surface area contributed by atoms with Gasteiger partial charge < -0.3 is 10.2 Å². The van der Waals surface area contributed by atoms with Crippen molar-refractivity contribution in [2.45, 2.75) is 32.7 Å². The fourth-order valence-corrected chi connectivity index (χ4v) is 2.24. The zero-order valence-corrected chi connectivity index (χ0v) is 11.3. The van der Waals surface area contributed by atoms with Crippen molar-refractivity contribution >= 4 is 5.82 Å². The van der Waals surface area contributed by atoms with Crippen LogP contribution >= 0.6 is 0 Å². The van der Waals surface area contributed by atoms with Crippen molar-refractivity contribution in [1.29, 1.82) is 0 Å². The third-order valence-electron chi connectivity index (χ3n) is 3.22. The van der Waals surface area contributed by atoms with Crippen molar-refractivity contribution in [2.24, 2.45) is 0 Å². The van der Waals surface area contributed by atoms with Gasteiger partial charge in [-0.3, -0.25) is 0 Å². The Kier molecular flexibility index (Phi) is 4.70. The Labute approximate surface area is 109 Å². The fourth-order valence-electron chi connectivity index (χ4n) is 2.24. The number of aromatic nitrogens is 2. The van der Waals surface area contributed by atoms with E-state index in [-0.39, 0.29) is 0 Å². The predicted octanol–water partition coefficient (Wildman–Crippen LogP) is 2.00. The molecule has 0 aromatic carbocycles. The summed E-state index contributed by atoms with van der Waals surface area (Å²) in [7, 11) is 0. The number of allylic oxidation sites excluding steroid dienone is 1. The van der Waals surface area contributed by atoms with E-state index in [2.05, 4.69) is 40.3 Å². The normalized spacial score (nSPS) is 19.7. The van der Waals surface area contributed by atoms with Crippen LogP contribution in [-0.2, 0) is 0 Å². The third-order valence-corrected chi connectivity index (χ3v) is 3.22. The van der Waals surface area contributed by atoms with Crippen LogP contribution in [0.5, 0.6) is 0 Å². The van der Waals surface area contributed by atoms with E-state index in [1.165, 1.54) is 18.4 Å². The minimum absolute atomic E-state index is 0.552. The summed E-state index contributed by atoms with van der Waals surface area (Å²) in [5.41, 5.74) is 1.36.